The van der Waals surface area contributed by atoms with Crippen molar-refractivity contribution in [1.82, 2.24) is 4.90 Å². The molecule has 0 bridgehead atoms. The maximum Gasteiger partial charge on any atom is 0.322 e. The minimum absolute atomic E-state index is 0.0775. The molecule has 0 saturated carbocycles. The van der Waals surface area contributed by atoms with Crippen molar-refractivity contribution in [2.75, 3.05) is 30.9 Å². The first-order valence-corrected chi connectivity index (χ1v) is 9.17. The molecule has 1 aliphatic rings. The van der Waals surface area contributed by atoms with Crippen LogP contribution in [0.15, 0.2) is 42.5 Å². The fraction of sp³-hybridized carbons (Fsp3) is 0.381. The van der Waals surface area contributed by atoms with Crippen LogP contribution in [0, 0.1) is 5.82 Å². The first-order valence-electron chi connectivity index (χ1n) is 9.17. The molecule has 1 atom stereocenters. The van der Waals surface area contributed by atoms with Gasteiger partial charge in [0.2, 0.25) is 0 Å². The molecule has 0 radical (unpaired) electrons. The van der Waals surface area contributed by atoms with Crippen molar-refractivity contribution in [1.29, 1.82) is 0 Å². The van der Waals surface area contributed by atoms with Crippen LogP contribution in [0.5, 0.6) is 0 Å². The summed E-state index contributed by atoms with van der Waals surface area (Å²) in [5.41, 5.74) is 3.45. The Morgan fingerprint density at radius 2 is 2.07 bits per heavy atom. The smallest absolute Gasteiger partial charge is 0.322 e. The Bertz CT molecular complexity index is 812. The number of urea groups is 1. The highest BCUT2D eigenvalue weighted by Crippen LogP contribution is 2.28. The molecule has 1 aliphatic heterocycles. The van der Waals surface area contributed by atoms with E-state index in [0.717, 1.165) is 24.2 Å². The summed E-state index contributed by atoms with van der Waals surface area (Å²) in [6.07, 6.45) is 0.847. The molecule has 1 unspecified atom stereocenters. The van der Waals surface area contributed by atoms with Crippen LogP contribution in [0.25, 0.3) is 0 Å². The summed E-state index contributed by atoms with van der Waals surface area (Å²) in [5.74, 6) is -0.350. The van der Waals surface area contributed by atoms with Crippen LogP contribution >= 0.6 is 0 Å². The molecule has 2 aromatic rings. The van der Waals surface area contributed by atoms with Crippen molar-refractivity contribution >= 4 is 17.4 Å². The zero-order valence-corrected chi connectivity index (χ0v) is 16.0. The number of fused-ring (bicyclic) bond motifs is 1. The number of hydrogen-bond acceptors (Lipinski definition) is 3. The topological polar surface area (TPSA) is 44.8 Å². The van der Waals surface area contributed by atoms with Crippen LogP contribution < -0.4 is 10.2 Å². The number of amides is 2. The summed E-state index contributed by atoms with van der Waals surface area (Å²) in [7, 11) is 3.60. The summed E-state index contributed by atoms with van der Waals surface area (Å²) in [5, 5.41) is 2.95. The Hall–Kier alpha value is -2.60. The molecule has 2 aromatic carbocycles. The van der Waals surface area contributed by atoms with Gasteiger partial charge in [0.1, 0.15) is 5.82 Å². The third kappa shape index (κ3) is 4.22. The minimum atomic E-state index is -0.350. The van der Waals surface area contributed by atoms with E-state index in [-0.39, 0.29) is 24.5 Å². The number of carbonyl (C=O) groups excluding carboxylic acids is 1. The highest BCUT2D eigenvalue weighted by molar-refractivity contribution is 5.90. The summed E-state index contributed by atoms with van der Waals surface area (Å²) < 4.78 is 18.7. The molecule has 2 amide bonds. The van der Waals surface area contributed by atoms with Gasteiger partial charge in [-0.1, -0.05) is 25.1 Å². The molecule has 27 heavy (non-hydrogen) atoms. The minimum Gasteiger partial charge on any atom is -0.380 e. The van der Waals surface area contributed by atoms with Crippen LogP contribution in [0.2, 0.25) is 0 Å². The summed E-state index contributed by atoms with van der Waals surface area (Å²) >= 11 is 0. The number of hydrogen-bond donors (Lipinski definition) is 1. The number of likely N-dealkylation sites (N-methyl/N-ethyl adjacent to an activating group) is 1. The molecule has 5 nitrogen and oxygen atoms in total. The van der Waals surface area contributed by atoms with Crippen molar-refractivity contribution in [2.45, 2.75) is 32.5 Å². The Morgan fingerprint density at radius 1 is 1.30 bits per heavy atom. The van der Waals surface area contributed by atoms with E-state index in [2.05, 4.69) is 36.3 Å². The number of ether oxygens (including phenoxy) is 1. The lowest BCUT2D eigenvalue weighted by Crippen LogP contribution is -2.45. The first kappa shape index (κ1) is 19.2. The molecule has 3 rings (SSSR count). The van der Waals surface area contributed by atoms with Gasteiger partial charge >= 0.3 is 6.03 Å². The van der Waals surface area contributed by atoms with Gasteiger partial charge in [-0.3, -0.25) is 0 Å². The van der Waals surface area contributed by atoms with Gasteiger partial charge in [-0.05, 0) is 36.2 Å². The third-order valence-electron chi connectivity index (χ3n) is 5.01. The maximum atomic E-state index is 13.6. The lowest BCUT2D eigenvalue weighted by Gasteiger charge is -2.31. The summed E-state index contributed by atoms with van der Waals surface area (Å²) in [6.45, 7) is 3.61. The van der Waals surface area contributed by atoms with Crippen LogP contribution in [0.3, 0.4) is 0 Å². The second kappa shape index (κ2) is 8.39. The van der Waals surface area contributed by atoms with Crippen molar-refractivity contribution in [2.24, 2.45) is 0 Å². The van der Waals surface area contributed by atoms with Crippen molar-refractivity contribution in [3.8, 4) is 0 Å². The lowest BCUT2D eigenvalue weighted by molar-refractivity contribution is 0.182. The lowest BCUT2D eigenvalue weighted by atomic mass is 10.1. The van der Waals surface area contributed by atoms with Crippen LogP contribution in [0.1, 0.15) is 24.5 Å². The largest absolute Gasteiger partial charge is 0.380 e. The van der Waals surface area contributed by atoms with Gasteiger partial charge in [0.25, 0.3) is 0 Å². The first-order chi connectivity index (χ1) is 13.0. The number of carbonyl (C=O) groups is 1. The number of benzene rings is 2. The number of rotatable bonds is 4. The molecule has 0 aliphatic carbocycles. The van der Waals surface area contributed by atoms with Crippen LogP contribution in [0.4, 0.5) is 20.6 Å². The van der Waals surface area contributed by atoms with Gasteiger partial charge < -0.3 is 19.9 Å². The van der Waals surface area contributed by atoms with E-state index < -0.39 is 0 Å². The highest BCUT2D eigenvalue weighted by atomic mass is 19.1. The molecule has 0 saturated heterocycles. The van der Waals surface area contributed by atoms with E-state index in [1.165, 1.54) is 12.1 Å². The number of nitrogens with one attached hydrogen (secondary N) is 1. The van der Waals surface area contributed by atoms with Gasteiger partial charge in [-0.15, -0.1) is 0 Å². The third-order valence-corrected chi connectivity index (χ3v) is 5.01. The van der Waals surface area contributed by atoms with E-state index in [0.29, 0.717) is 17.8 Å². The van der Waals surface area contributed by atoms with E-state index >= 15 is 0 Å². The average Bonchev–Trinajstić information content (AvgIpc) is 2.81. The second-order valence-electron chi connectivity index (χ2n) is 6.86. The number of anilines is 2. The zero-order chi connectivity index (χ0) is 19.4. The molecule has 0 aromatic heterocycles. The molecule has 6 heteroatoms. The predicted molar refractivity (Wildman–Crippen MR) is 105 cm³/mol. The molecular weight excluding hydrogens is 345 g/mol. The van der Waals surface area contributed by atoms with Crippen molar-refractivity contribution < 1.29 is 13.9 Å². The number of halogens is 1. The van der Waals surface area contributed by atoms with Gasteiger partial charge in [0, 0.05) is 44.2 Å². The van der Waals surface area contributed by atoms with E-state index in [1.807, 2.05) is 17.0 Å². The molecule has 0 fully saturated rings. The average molecular weight is 371 g/mol. The van der Waals surface area contributed by atoms with Gasteiger partial charge in [-0.2, -0.15) is 0 Å². The summed E-state index contributed by atoms with van der Waals surface area (Å²) in [6, 6.07) is 12.4. The SMILES string of the molecule is CCC1CN(C)c2ccccc2CN1C(=O)Nc1ccc(F)cc1COC. The number of para-hydroxylation sites is 1. The Labute approximate surface area is 159 Å². The van der Waals surface area contributed by atoms with E-state index in [1.54, 1.807) is 13.2 Å². The standard InChI is InChI=1S/C21H26FN3O2/c1-4-18-13-24(2)20-8-6-5-7-15(20)12-25(18)21(26)23-19-10-9-17(22)11-16(19)14-27-3/h5-11,18H,4,12-14H2,1-3H3,(H,23,26). The molecule has 0 spiro atoms. The fourth-order valence-corrected chi connectivity index (χ4v) is 3.58. The maximum absolute atomic E-state index is 13.6. The monoisotopic (exact) mass is 371 g/mol. The van der Waals surface area contributed by atoms with Crippen LogP contribution in [-0.4, -0.2) is 37.7 Å². The second-order valence-corrected chi connectivity index (χ2v) is 6.86. The molecule has 144 valence electrons. The Kier molecular flexibility index (Phi) is 5.96. The van der Waals surface area contributed by atoms with Gasteiger partial charge in [0.15, 0.2) is 0 Å². The van der Waals surface area contributed by atoms with Gasteiger partial charge in [-0.25, -0.2) is 9.18 Å². The molecule has 1 heterocycles. The number of methoxy groups -OCH3 is 1. The van der Waals surface area contributed by atoms with Crippen molar-refractivity contribution in [3.63, 3.8) is 0 Å². The Morgan fingerprint density at radius 3 is 2.81 bits per heavy atom. The number of nitrogens with zero attached hydrogens (tertiary/aromatic N) is 2. The fourth-order valence-electron chi connectivity index (χ4n) is 3.58. The van der Waals surface area contributed by atoms with E-state index in [9.17, 15) is 9.18 Å². The molecular formula is C21H26FN3O2. The molecule has 1 N–H and O–H groups in total. The predicted octanol–water partition coefficient (Wildman–Crippen LogP) is 4.23. The van der Waals surface area contributed by atoms with E-state index in [4.69, 9.17) is 4.74 Å². The highest BCUT2D eigenvalue weighted by Gasteiger charge is 2.29. The normalized spacial score (nSPS) is 16.7. The van der Waals surface area contributed by atoms with Crippen LogP contribution in [-0.2, 0) is 17.9 Å². The quantitative estimate of drug-likeness (QED) is 0.875. The Balaban J connectivity index is 1.87. The van der Waals surface area contributed by atoms with Gasteiger partial charge in [0.05, 0.1) is 12.6 Å². The van der Waals surface area contributed by atoms with Crippen molar-refractivity contribution in [3.05, 3.63) is 59.4 Å². The summed E-state index contributed by atoms with van der Waals surface area (Å²) in [4.78, 5) is 17.2. The zero-order valence-electron chi connectivity index (χ0n) is 16.0.